The second-order valence-electron chi connectivity index (χ2n) is 16.7. The van der Waals surface area contributed by atoms with Crippen LogP contribution in [-0.4, -0.2) is 64.9 Å². The summed E-state index contributed by atoms with van der Waals surface area (Å²) in [6.45, 7) is 2.60. The SMILES string of the molecule is CCCCCC/C=C\C/C=C\CCCCCCCC(=O)OCC(O)COP(=O)(O)OCC(NC(=O)CCCCCCCCCCCCCCCCCCCCCC)C(=O)O. The molecule has 0 aliphatic carbocycles. The van der Waals surface area contributed by atoms with Gasteiger partial charge in [0.15, 0.2) is 6.04 Å². The number of phosphoric acid groups is 1. The number of carboxylic acids is 1. The molecule has 0 aromatic rings. The minimum Gasteiger partial charge on any atom is -0.480 e. The van der Waals surface area contributed by atoms with E-state index in [0.717, 1.165) is 57.8 Å². The molecule has 0 saturated heterocycles. The van der Waals surface area contributed by atoms with Crippen molar-refractivity contribution in [3.05, 3.63) is 24.3 Å². The topological polar surface area (TPSA) is 169 Å². The summed E-state index contributed by atoms with van der Waals surface area (Å²) < 4.78 is 26.9. The van der Waals surface area contributed by atoms with Crippen LogP contribution in [0.5, 0.6) is 0 Å². The number of nitrogens with one attached hydrogen (secondary N) is 1. The Morgan fingerprint density at radius 1 is 0.533 bits per heavy atom. The molecule has 0 saturated carbocycles. The number of carbonyl (C=O) groups excluding carboxylic acids is 2. The molecule has 3 atom stereocenters. The number of carboxylic acid groups (broad SMARTS) is 1. The zero-order valence-electron chi connectivity index (χ0n) is 38.3. The summed E-state index contributed by atoms with van der Waals surface area (Å²) in [6.07, 6.45) is 46.3. The number of rotatable bonds is 46. The predicted molar refractivity (Wildman–Crippen MR) is 245 cm³/mol. The van der Waals surface area contributed by atoms with E-state index in [2.05, 4.69) is 43.5 Å². The Morgan fingerprint density at radius 2 is 0.917 bits per heavy atom. The van der Waals surface area contributed by atoms with Gasteiger partial charge in [-0.25, -0.2) is 9.36 Å². The third kappa shape index (κ3) is 42.6. The molecule has 0 aliphatic heterocycles. The lowest BCUT2D eigenvalue weighted by Gasteiger charge is -2.18. The van der Waals surface area contributed by atoms with Crippen LogP contribution in [0.1, 0.15) is 232 Å². The van der Waals surface area contributed by atoms with E-state index in [1.807, 2.05) is 0 Å². The maximum atomic E-state index is 12.4. The summed E-state index contributed by atoms with van der Waals surface area (Å²) in [5.41, 5.74) is 0. The number of ether oxygens (including phenoxy) is 1. The van der Waals surface area contributed by atoms with Crippen LogP contribution < -0.4 is 5.32 Å². The average molecular weight is 872 g/mol. The molecule has 0 heterocycles. The van der Waals surface area contributed by atoms with Crippen molar-refractivity contribution < 1.29 is 47.8 Å². The van der Waals surface area contributed by atoms with Gasteiger partial charge in [0.25, 0.3) is 0 Å². The zero-order valence-corrected chi connectivity index (χ0v) is 39.2. The van der Waals surface area contributed by atoms with Crippen molar-refractivity contribution in [3.8, 4) is 0 Å². The van der Waals surface area contributed by atoms with Crippen LogP contribution in [0.15, 0.2) is 24.3 Å². The molecule has 0 rings (SSSR count). The highest BCUT2D eigenvalue weighted by atomic mass is 31.2. The molecule has 0 radical (unpaired) electrons. The van der Waals surface area contributed by atoms with Crippen molar-refractivity contribution >= 4 is 25.7 Å². The molecule has 352 valence electrons. The number of aliphatic hydroxyl groups is 1. The van der Waals surface area contributed by atoms with Crippen LogP contribution in [-0.2, 0) is 32.7 Å². The van der Waals surface area contributed by atoms with Crippen LogP contribution in [0.3, 0.4) is 0 Å². The number of phosphoric ester groups is 1. The van der Waals surface area contributed by atoms with Crippen molar-refractivity contribution in [2.24, 2.45) is 0 Å². The van der Waals surface area contributed by atoms with Gasteiger partial charge < -0.3 is 25.2 Å². The number of hydrogen-bond donors (Lipinski definition) is 4. The second kappa shape index (κ2) is 43.6. The van der Waals surface area contributed by atoms with Crippen LogP contribution in [0, 0.1) is 0 Å². The van der Waals surface area contributed by atoms with Gasteiger partial charge in [0.1, 0.15) is 12.7 Å². The van der Waals surface area contributed by atoms with Crippen LogP contribution >= 0.6 is 7.82 Å². The van der Waals surface area contributed by atoms with Crippen molar-refractivity contribution in [2.75, 3.05) is 19.8 Å². The minimum atomic E-state index is -4.76. The van der Waals surface area contributed by atoms with E-state index in [9.17, 15) is 34.1 Å². The summed E-state index contributed by atoms with van der Waals surface area (Å²) in [5.74, 6) is -2.37. The van der Waals surface area contributed by atoms with Crippen molar-refractivity contribution in [3.63, 3.8) is 0 Å². The zero-order chi connectivity index (χ0) is 44.2. The first kappa shape index (κ1) is 58.0. The molecule has 0 spiro atoms. The molecular formula is C48H90NO10P. The van der Waals surface area contributed by atoms with Gasteiger partial charge in [-0.15, -0.1) is 0 Å². The Kier molecular flexibility index (Phi) is 42.1. The van der Waals surface area contributed by atoms with E-state index < -0.39 is 57.6 Å². The van der Waals surface area contributed by atoms with Crippen molar-refractivity contribution in [2.45, 2.75) is 244 Å². The largest absolute Gasteiger partial charge is 0.480 e. The molecule has 11 nitrogen and oxygen atoms in total. The number of aliphatic hydroxyl groups excluding tert-OH is 1. The molecule has 0 aliphatic rings. The Bertz CT molecular complexity index is 1120. The predicted octanol–water partition coefficient (Wildman–Crippen LogP) is 13.0. The van der Waals surface area contributed by atoms with Crippen molar-refractivity contribution in [1.29, 1.82) is 0 Å². The lowest BCUT2D eigenvalue weighted by atomic mass is 10.0. The maximum absolute atomic E-state index is 12.4. The molecule has 12 heteroatoms. The monoisotopic (exact) mass is 872 g/mol. The van der Waals surface area contributed by atoms with E-state index in [4.69, 9.17) is 13.8 Å². The molecule has 4 N–H and O–H groups in total. The Morgan fingerprint density at radius 3 is 1.37 bits per heavy atom. The number of carbonyl (C=O) groups is 3. The maximum Gasteiger partial charge on any atom is 0.472 e. The summed E-state index contributed by atoms with van der Waals surface area (Å²) in [7, 11) is -4.76. The Labute approximate surface area is 366 Å². The molecular weight excluding hydrogens is 781 g/mol. The fraction of sp³-hybridized carbons (Fsp3) is 0.854. The van der Waals surface area contributed by atoms with Gasteiger partial charge in [-0.05, 0) is 44.9 Å². The highest BCUT2D eigenvalue weighted by Crippen LogP contribution is 2.43. The summed E-state index contributed by atoms with van der Waals surface area (Å²) in [6, 6.07) is -1.54. The number of unbranched alkanes of at least 4 members (excludes halogenated alkanes) is 28. The summed E-state index contributed by atoms with van der Waals surface area (Å²) in [5, 5.41) is 21.9. The fourth-order valence-electron chi connectivity index (χ4n) is 6.94. The molecule has 0 bridgehead atoms. The van der Waals surface area contributed by atoms with Gasteiger partial charge >= 0.3 is 19.8 Å². The molecule has 0 fully saturated rings. The van der Waals surface area contributed by atoms with Gasteiger partial charge in [0.05, 0.1) is 13.2 Å². The summed E-state index contributed by atoms with van der Waals surface area (Å²) in [4.78, 5) is 46.0. The Balaban J connectivity index is 3.85. The van der Waals surface area contributed by atoms with E-state index in [0.29, 0.717) is 12.8 Å². The van der Waals surface area contributed by atoms with Gasteiger partial charge in [0.2, 0.25) is 5.91 Å². The number of aliphatic carboxylic acids is 1. The third-order valence-electron chi connectivity index (χ3n) is 10.7. The molecule has 60 heavy (non-hydrogen) atoms. The second-order valence-corrected chi connectivity index (χ2v) is 18.1. The molecule has 3 unspecified atom stereocenters. The van der Waals surface area contributed by atoms with E-state index in [-0.39, 0.29) is 12.8 Å². The highest BCUT2D eigenvalue weighted by Gasteiger charge is 2.28. The number of hydrogen-bond acceptors (Lipinski definition) is 8. The van der Waals surface area contributed by atoms with Gasteiger partial charge in [-0.1, -0.05) is 199 Å². The first-order valence-electron chi connectivity index (χ1n) is 24.4. The lowest BCUT2D eigenvalue weighted by Crippen LogP contribution is -2.43. The van der Waals surface area contributed by atoms with Crippen LogP contribution in [0.2, 0.25) is 0 Å². The van der Waals surface area contributed by atoms with E-state index in [1.54, 1.807) is 0 Å². The van der Waals surface area contributed by atoms with E-state index in [1.165, 1.54) is 135 Å². The summed E-state index contributed by atoms with van der Waals surface area (Å²) >= 11 is 0. The number of amides is 1. The number of allylic oxidation sites excluding steroid dienone is 4. The quantitative estimate of drug-likeness (QED) is 0.0200. The van der Waals surface area contributed by atoms with Crippen molar-refractivity contribution in [1.82, 2.24) is 5.32 Å². The first-order valence-corrected chi connectivity index (χ1v) is 25.9. The average Bonchev–Trinajstić information content (AvgIpc) is 3.22. The van der Waals surface area contributed by atoms with Crippen LogP contribution in [0.4, 0.5) is 0 Å². The minimum absolute atomic E-state index is 0.149. The highest BCUT2D eigenvalue weighted by molar-refractivity contribution is 7.47. The molecule has 1 amide bonds. The fourth-order valence-corrected chi connectivity index (χ4v) is 7.71. The smallest absolute Gasteiger partial charge is 0.472 e. The van der Waals surface area contributed by atoms with Gasteiger partial charge in [-0.2, -0.15) is 0 Å². The Hall–Kier alpha value is -2.04. The standard InChI is InChI=1S/C48H90NO10P/c1-3-5-7-9-11-13-15-17-19-21-22-23-24-25-27-29-31-33-35-37-39-46(51)49-45(48(53)54)43-59-60(55,56)58-42-44(50)41-57-47(52)40-38-36-34-32-30-28-26-20-18-16-14-12-10-8-6-4-2/h14,16,20,26,44-45,50H,3-13,15,17-19,21-25,27-43H2,1-2H3,(H,49,51)(H,53,54)(H,55,56)/b16-14-,26-20-. The number of esters is 1. The first-order chi connectivity index (χ1) is 29.1. The van der Waals surface area contributed by atoms with Gasteiger partial charge in [0, 0.05) is 12.8 Å². The van der Waals surface area contributed by atoms with Crippen LogP contribution in [0.25, 0.3) is 0 Å². The normalized spacial score (nSPS) is 13.8. The molecule has 0 aromatic carbocycles. The third-order valence-corrected chi connectivity index (χ3v) is 11.7. The molecule has 0 aromatic heterocycles. The van der Waals surface area contributed by atoms with Gasteiger partial charge in [-0.3, -0.25) is 18.6 Å². The lowest BCUT2D eigenvalue weighted by molar-refractivity contribution is -0.147. The van der Waals surface area contributed by atoms with E-state index >= 15 is 0 Å².